The highest BCUT2D eigenvalue weighted by Gasteiger charge is 2.13. The summed E-state index contributed by atoms with van der Waals surface area (Å²) in [5, 5.41) is 3.91. The fraction of sp³-hybridized carbons (Fsp3) is 0.353. The second-order valence-corrected chi connectivity index (χ2v) is 7.62. The third-order valence-electron chi connectivity index (χ3n) is 3.75. The van der Waals surface area contributed by atoms with E-state index in [1.807, 2.05) is 26.8 Å². The molecule has 0 unspecified atom stereocenters. The van der Waals surface area contributed by atoms with Gasteiger partial charge in [-0.3, -0.25) is 0 Å². The number of nitrogens with one attached hydrogen (secondary N) is 1. The van der Waals surface area contributed by atoms with Gasteiger partial charge in [-0.1, -0.05) is 17.7 Å². The van der Waals surface area contributed by atoms with Crippen molar-refractivity contribution in [3.63, 3.8) is 0 Å². The highest BCUT2D eigenvalue weighted by atomic mass is 32.2. The molecule has 0 amide bonds. The van der Waals surface area contributed by atoms with E-state index in [0.29, 0.717) is 6.04 Å². The third-order valence-corrected chi connectivity index (χ3v) is 4.99. The van der Waals surface area contributed by atoms with Gasteiger partial charge in [0.1, 0.15) is 0 Å². The van der Waals surface area contributed by atoms with E-state index < -0.39 is 10.0 Å². The number of sulfonamides is 1. The Labute approximate surface area is 138 Å². The minimum atomic E-state index is -3.63. The standard InChI is InChI=1S/C17H23N3O2S/c1-12(2)20-14(4)10-16(15(20)5)11-18-19-23(21,22)17-8-6-13(3)7-9-17/h6-12,19H,1-5H3/b18-11-. The Morgan fingerprint density at radius 2 is 1.74 bits per heavy atom. The first-order valence-corrected chi connectivity index (χ1v) is 9.00. The zero-order valence-electron chi connectivity index (χ0n) is 14.2. The van der Waals surface area contributed by atoms with Gasteiger partial charge in [0.05, 0.1) is 11.1 Å². The molecular formula is C17H23N3O2S. The Bertz CT molecular complexity index is 816. The quantitative estimate of drug-likeness (QED) is 0.674. The molecule has 0 fully saturated rings. The number of hydrogen-bond acceptors (Lipinski definition) is 3. The second kappa shape index (κ2) is 6.58. The summed E-state index contributed by atoms with van der Waals surface area (Å²) in [5.41, 5.74) is 4.10. The van der Waals surface area contributed by atoms with Crippen molar-refractivity contribution >= 4 is 16.2 Å². The minimum Gasteiger partial charge on any atom is -0.346 e. The lowest BCUT2D eigenvalue weighted by molar-refractivity contribution is 0.574. The molecule has 0 atom stereocenters. The zero-order valence-corrected chi connectivity index (χ0v) is 15.0. The number of rotatable bonds is 5. The average Bonchev–Trinajstić information content (AvgIpc) is 2.73. The molecular weight excluding hydrogens is 310 g/mol. The van der Waals surface area contributed by atoms with Crippen LogP contribution >= 0.6 is 0 Å². The van der Waals surface area contributed by atoms with E-state index >= 15 is 0 Å². The van der Waals surface area contributed by atoms with Crippen LogP contribution in [0.2, 0.25) is 0 Å². The second-order valence-electron chi connectivity index (χ2n) is 5.96. The van der Waals surface area contributed by atoms with Crippen molar-refractivity contribution in [2.45, 2.75) is 45.6 Å². The van der Waals surface area contributed by atoms with E-state index in [1.165, 1.54) is 0 Å². The van der Waals surface area contributed by atoms with Crippen molar-refractivity contribution in [1.82, 2.24) is 9.40 Å². The first-order valence-electron chi connectivity index (χ1n) is 7.52. The Balaban J connectivity index is 2.19. The SMILES string of the molecule is Cc1ccc(S(=O)(=O)N/N=C\c2cc(C)n(C(C)C)c2C)cc1. The maximum Gasteiger partial charge on any atom is 0.276 e. The zero-order chi connectivity index (χ0) is 17.2. The van der Waals surface area contributed by atoms with Crippen molar-refractivity contribution in [1.29, 1.82) is 0 Å². The van der Waals surface area contributed by atoms with Gasteiger partial charge >= 0.3 is 0 Å². The monoisotopic (exact) mass is 333 g/mol. The highest BCUT2D eigenvalue weighted by Crippen LogP contribution is 2.18. The van der Waals surface area contributed by atoms with Crippen LogP contribution in [0, 0.1) is 20.8 Å². The van der Waals surface area contributed by atoms with Gasteiger partial charge in [-0.05, 0) is 52.8 Å². The molecule has 0 aliphatic carbocycles. The maximum atomic E-state index is 12.2. The molecule has 124 valence electrons. The van der Waals surface area contributed by atoms with E-state index in [1.54, 1.807) is 30.5 Å². The fourth-order valence-electron chi connectivity index (χ4n) is 2.66. The number of hydrazone groups is 1. The molecule has 2 aromatic rings. The Hall–Kier alpha value is -2.08. The van der Waals surface area contributed by atoms with Gasteiger partial charge in [0, 0.05) is 23.0 Å². The van der Waals surface area contributed by atoms with Crippen molar-refractivity contribution in [3.8, 4) is 0 Å². The molecule has 6 heteroatoms. The first kappa shape index (κ1) is 17.3. The van der Waals surface area contributed by atoms with Gasteiger partial charge in [0.25, 0.3) is 10.0 Å². The topological polar surface area (TPSA) is 63.5 Å². The number of hydrogen-bond donors (Lipinski definition) is 1. The van der Waals surface area contributed by atoms with E-state index in [-0.39, 0.29) is 4.90 Å². The summed E-state index contributed by atoms with van der Waals surface area (Å²) in [4.78, 5) is 2.46. The summed E-state index contributed by atoms with van der Waals surface area (Å²) in [6.45, 7) is 10.2. The number of aryl methyl sites for hydroxylation is 2. The summed E-state index contributed by atoms with van der Waals surface area (Å²) in [6.07, 6.45) is 1.55. The molecule has 1 heterocycles. The fourth-order valence-corrected chi connectivity index (χ4v) is 3.45. The minimum absolute atomic E-state index is 0.202. The van der Waals surface area contributed by atoms with Crippen LogP contribution in [0.3, 0.4) is 0 Å². The molecule has 23 heavy (non-hydrogen) atoms. The molecule has 1 aromatic carbocycles. The van der Waals surface area contributed by atoms with Gasteiger partial charge in [-0.25, -0.2) is 4.83 Å². The van der Waals surface area contributed by atoms with Crippen LogP contribution in [0.1, 0.15) is 42.4 Å². The van der Waals surface area contributed by atoms with Crippen LogP contribution in [-0.2, 0) is 10.0 Å². The molecule has 0 aliphatic rings. The van der Waals surface area contributed by atoms with Crippen LogP contribution in [0.15, 0.2) is 40.3 Å². The van der Waals surface area contributed by atoms with Crippen molar-refractivity contribution in [2.24, 2.45) is 5.10 Å². The lowest BCUT2D eigenvalue weighted by atomic mass is 10.2. The summed E-state index contributed by atoms with van der Waals surface area (Å²) < 4.78 is 26.5. The van der Waals surface area contributed by atoms with E-state index in [2.05, 4.69) is 28.3 Å². The molecule has 0 bridgehead atoms. The summed E-state index contributed by atoms with van der Waals surface area (Å²) >= 11 is 0. The van der Waals surface area contributed by atoms with E-state index in [9.17, 15) is 8.42 Å². The van der Waals surface area contributed by atoms with Gasteiger partial charge < -0.3 is 4.57 Å². The Morgan fingerprint density at radius 1 is 1.13 bits per heavy atom. The highest BCUT2D eigenvalue weighted by molar-refractivity contribution is 7.89. The van der Waals surface area contributed by atoms with Crippen LogP contribution in [0.4, 0.5) is 0 Å². The predicted octanol–water partition coefficient (Wildman–Crippen LogP) is 3.31. The predicted molar refractivity (Wildman–Crippen MR) is 93.4 cm³/mol. The van der Waals surface area contributed by atoms with Gasteiger partial charge in [0.15, 0.2) is 0 Å². The van der Waals surface area contributed by atoms with E-state index in [4.69, 9.17) is 0 Å². The molecule has 0 saturated heterocycles. The average molecular weight is 333 g/mol. The molecule has 0 spiro atoms. The molecule has 0 saturated carbocycles. The van der Waals surface area contributed by atoms with Crippen LogP contribution in [0.25, 0.3) is 0 Å². The number of aromatic nitrogens is 1. The molecule has 5 nitrogen and oxygen atoms in total. The number of nitrogens with zero attached hydrogens (tertiary/aromatic N) is 2. The van der Waals surface area contributed by atoms with Gasteiger partial charge in [-0.2, -0.15) is 13.5 Å². The van der Waals surface area contributed by atoms with Gasteiger partial charge in [-0.15, -0.1) is 0 Å². The molecule has 0 radical (unpaired) electrons. The lowest BCUT2D eigenvalue weighted by Gasteiger charge is -2.13. The largest absolute Gasteiger partial charge is 0.346 e. The van der Waals surface area contributed by atoms with E-state index in [0.717, 1.165) is 22.5 Å². The van der Waals surface area contributed by atoms with Crippen LogP contribution < -0.4 is 4.83 Å². The summed E-state index contributed by atoms with van der Waals surface area (Å²) in [7, 11) is -3.63. The lowest BCUT2D eigenvalue weighted by Crippen LogP contribution is -2.18. The van der Waals surface area contributed by atoms with Crippen LogP contribution in [0.5, 0.6) is 0 Å². The van der Waals surface area contributed by atoms with Gasteiger partial charge in [0.2, 0.25) is 0 Å². The smallest absolute Gasteiger partial charge is 0.276 e. The van der Waals surface area contributed by atoms with Crippen molar-refractivity contribution in [2.75, 3.05) is 0 Å². The Kier molecular flexibility index (Phi) is 4.94. The molecule has 1 aromatic heterocycles. The molecule has 2 rings (SSSR count). The van der Waals surface area contributed by atoms with Crippen molar-refractivity contribution < 1.29 is 8.42 Å². The normalized spacial score (nSPS) is 12.3. The van der Waals surface area contributed by atoms with Crippen LogP contribution in [-0.4, -0.2) is 19.2 Å². The maximum absolute atomic E-state index is 12.2. The Morgan fingerprint density at radius 3 is 2.26 bits per heavy atom. The summed E-state index contributed by atoms with van der Waals surface area (Å²) in [5.74, 6) is 0. The molecule has 1 N–H and O–H groups in total. The number of benzene rings is 1. The first-order chi connectivity index (χ1) is 10.7. The third kappa shape index (κ3) is 3.82. The summed E-state index contributed by atoms with van der Waals surface area (Å²) in [6, 6.07) is 9.00. The molecule has 0 aliphatic heterocycles. The van der Waals surface area contributed by atoms with Crippen molar-refractivity contribution in [3.05, 3.63) is 52.8 Å².